The zero-order valence-corrected chi connectivity index (χ0v) is 13.8. The first-order valence-corrected chi connectivity index (χ1v) is 7.99. The van der Waals surface area contributed by atoms with E-state index >= 15 is 0 Å². The van der Waals surface area contributed by atoms with Crippen LogP contribution in [0, 0.1) is 0 Å². The Morgan fingerprint density at radius 1 is 1.17 bits per heavy atom. The van der Waals surface area contributed by atoms with Crippen LogP contribution in [0.5, 0.6) is 0 Å². The average Bonchev–Trinajstić information content (AvgIpc) is 3.03. The lowest BCUT2D eigenvalue weighted by molar-refractivity contribution is -0.00181. The molecule has 0 aliphatic rings. The molecule has 1 aromatic carbocycles. The number of rotatable bonds is 8. The number of anilines is 1. The largest absolute Gasteiger partial charge is 0.382 e. The molecule has 0 saturated carbocycles. The molecular formula is C18H22N4O2. The first-order valence-electron chi connectivity index (χ1n) is 7.99. The van der Waals surface area contributed by atoms with Gasteiger partial charge in [-0.25, -0.2) is 9.50 Å². The standard InChI is InChI=1S/C18H22N4O2/c1-23-16(12-24-11-14-5-3-2-4-6-14)9-7-15-8-10-17-18(19)20-13-21-22(15)17/h2-6,8,10,13,16H,7,9,11-12H2,1H3,(H2,19,20,21). The third-order valence-corrected chi connectivity index (χ3v) is 4.03. The molecule has 0 bridgehead atoms. The highest BCUT2D eigenvalue weighted by atomic mass is 16.5. The molecule has 3 aromatic rings. The Bertz CT molecular complexity index is 773. The van der Waals surface area contributed by atoms with Gasteiger partial charge in [0.2, 0.25) is 0 Å². The molecule has 0 radical (unpaired) electrons. The molecule has 1 atom stereocenters. The zero-order chi connectivity index (χ0) is 16.8. The molecular weight excluding hydrogens is 304 g/mol. The second-order valence-corrected chi connectivity index (χ2v) is 5.66. The lowest BCUT2D eigenvalue weighted by Crippen LogP contribution is -2.19. The minimum atomic E-state index is 0.0402. The number of benzene rings is 1. The average molecular weight is 326 g/mol. The van der Waals surface area contributed by atoms with Crippen LogP contribution in [0.25, 0.3) is 5.52 Å². The highest BCUT2D eigenvalue weighted by Crippen LogP contribution is 2.15. The number of nitrogens with two attached hydrogens (primary N) is 1. The van der Waals surface area contributed by atoms with Gasteiger partial charge in [0.15, 0.2) is 5.82 Å². The van der Waals surface area contributed by atoms with Crippen molar-refractivity contribution < 1.29 is 9.47 Å². The molecule has 0 amide bonds. The summed E-state index contributed by atoms with van der Waals surface area (Å²) >= 11 is 0. The van der Waals surface area contributed by atoms with E-state index < -0.39 is 0 Å². The first-order chi connectivity index (χ1) is 11.8. The molecule has 126 valence electrons. The molecule has 3 rings (SSSR count). The Balaban J connectivity index is 1.52. The zero-order valence-electron chi connectivity index (χ0n) is 13.8. The molecule has 0 aliphatic carbocycles. The maximum absolute atomic E-state index is 5.86. The molecule has 2 heterocycles. The molecule has 6 heteroatoms. The van der Waals surface area contributed by atoms with E-state index in [1.165, 1.54) is 6.33 Å². The van der Waals surface area contributed by atoms with Gasteiger partial charge >= 0.3 is 0 Å². The molecule has 2 aromatic heterocycles. The molecule has 24 heavy (non-hydrogen) atoms. The number of ether oxygens (including phenoxy) is 2. The summed E-state index contributed by atoms with van der Waals surface area (Å²) < 4.78 is 13.1. The van der Waals surface area contributed by atoms with Gasteiger partial charge in [-0.3, -0.25) is 0 Å². The summed E-state index contributed by atoms with van der Waals surface area (Å²) in [5, 5.41) is 4.26. The summed E-state index contributed by atoms with van der Waals surface area (Å²) in [5.41, 5.74) is 8.94. The monoisotopic (exact) mass is 326 g/mol. The van der Waals surface area contributed by atoms with Crippen LogP contribution in [-0.2, 0) is 22.5 Å². The number of nitrogen functional groups attached to an aromatic ring is 1. The summed E-state index contributed by atoms with van der Waals surface area (Å²) in [6, 6.07) is 14.1. The maximum Gasteiger partial charge on any atom is 0.151 e. The molecule has 0 aliphatic heterocycles. The fourth-order valence-electron chi connectivity index (χ4n) is 2.66. The normalized spacial score (nSPS) is 12.5. The number of hydrogen-bond acceptors (Lipinski definition) is 5. The number of methoxy groups -OCH3 is 1. The molecule has 0 fully saturated rings. The van der Waals surface area contributed by atoms with E-state index in [1.54, 1.807) is 7.11 Å². The predicted octanol–water partition coefficient (Wildman–Crippen LogP) is 2.48. The number of hydrogen-bond donors (Lipinski definition) is 1. The van der Waals surface area contributed by atoms with Crippen molar-refractivity contribution in [3.8, 4) is 0 Å². The van der Waals surface area contributed by atoms with E-state index in [2.05, 4.69) is 22.2 Å². The highest BCUT2D eigenvalue weighted by Gasteiger charge is 2.11. The van der Waals surface area contributed by atoms with E-state index in [1.807, 2.05) is 34.8 Å². The molecule has 1 unspecified atom stereocenters. The van der Waals surface area contributed by atoms with Gasteiger partial charge in [0.25, 0.3) is 0 Å². The fourth-order valence-corrected chi connectivity index (χ4v) is 2.66. The predicted molar refractivity (Wildman–Crippen MR) is 92.6 cm³/mol. The highest BCUT2D eigenvalue weighted by molar-refractivity contribution is 5.65. The quantitative estimate of drug-likeness (QED) is 0.688. The van der Waals surface area contributed by atoms with Gasteiger partial charge in [0, 0.05) is 12.8 Å². The van der Waals surface area contributed by atoms with E-state index in [0.717, 1.165) is 29.6 Å². The second-order valence-electron chi connectivity index (χ2n) is 5.66. The van der Waals surface area contributed by atoms with Gasteiger partial charge in [-0.1, -0.05) is 30.3 Å². The van der Waals surface area contributed by atoms with Crippen LogP contribution in [0.1, 0.15) is 17.7 Å². The van der Waals surface area contributed by atoms with Crippen molar-refractivity contribution in [3.05, 3.63) is 60.0 Å². The Labute approximate surface area is 141 Å². The van der Waals surface area contributed by atoms with E-state index in [4.69, 9.17) is 15.2 Å². The number of aromatic nitrogens is 3. The summed E-state index contributed by atoms with van der Waals surface area (Å²) in [6.07, 6.45) is 3.19. The Kier molecular flexibility index (Phi) is 5.40. The summed E-state index contributed by atoms with van der Waals surface area (Å²) in [5.74, 6) is 0.491. The van der Waals surface area contributed by atoms with E-state index in [9.17, 15) is 0 Å². The van der Waals surface area contributed by atoms with Crippen molar-refractivity contribution in [2.75, 3.05) is 19.5 Å². The summed E-state index contributed by atoms with van der Waals surface area (Å²) in [6.45, 7) is 1.16. The number of fused-ring (bicyclic) bond motifs is 1. The number of nitrogens with zero attached hydrogens (tertiary/aromatic N) is 3. The Hall–Kier alpha value is -2.44. The molecule has 2 N–H and O–H groups in total. The third kappa shape index (κ3) is 3.90. The van der Waals surface area contributed by atoms with Crippen LogP contribution in [-0.4, -0.2) is 34.4 Å². The minimum Gasteiger partial charge on any atom is -0.382 e. The number of aryl methyl sites for hydroxylation is 1. The van der Waals surface area contributed by atoms with Crippen molar-refractivity contribution in [2.24, 2.45) is 0 Å². The van der Waals surface area contributed by atoms with E-state index in [0.29, 0.717) is 19.0 Å². The third-order valence-electron chi connectivity index (χ3n) is 4.03. The van der Waals surface area contributed by atoms with Gasteiger partial charge in [0.1, 0.15) is 11.8 Å². The fraction of sp³-hybridized carbons (Fsp3) is 0.333. The molecule has 0 saturated heterocycles. The molecule has 6 nitrogen and oxygen atoms in total. The maximum atomic E-state index is 5.86. The molecule has 0 spiro atoms. The smallest absolute Gasteiger partial charge is 0.151 e. The van der Waals surface area contributed by atoms with Gasteiger partial charge < -0.3 is 15.2 Å². The summed E-state index contributed by atoms with van der Waals surface area (Å²) in [4.78, 5) is 4.00. The van der Waals surface area contributed by atoms with Crippen LogP contribution in [0.3, 0.4) is 0 Å². The van der Waals surface area contributed by atoms with Crippen LogP contribution >= 0.6 is 0 Å². The topological polar surface area (TPSA) is 74.7 Å². The van der Waals surface area contributed by atoms with Crippen molar-refractivity contribution in [2.45, 2.75) is 25.6 Å². The van der Waals surface area contributed by atoms with Gasteiger partial charge in [-0.2, -0.15) is 5.10 Å². The van der Waals surface area contributed by atoms with E-state index in [-0.39, 0.29) is 6.10 Å². The van der Waals surface area contributed by atoms with Crippen molar-refractivity contribution in [1.29, 1.82) is 0 Å². The van der Waals surface area contributed by atoms with Gasteiger partial charge in [-0.05, 0) is 30.5 Å². The van der Waals surface area contributed by atoms with Crippen LogP contribution in [0.2, 0.25) is 0 Å². The van der Waals surface area contributed by atoms with Crippen molar-refractivity contribution >= 4 is 11.3 Å². The Morgan fingerprint density at radius 2 is 2.00 bits per heavy atom. The van der Waals surface area contributed by atoms with Crippen molar-refractivity contribution in [1.82, 2.24) is 14.6 Å². The second kappa shape index (κ2) is 7.90. The SMILES string of the molecule is COC(CCc1ccc2c(N)ncnn12)COCc1ccccc1. The lowest BCUT2D eigenvalue weighted by atomic mass is 10.1. The Morgan fingerprint density at radius 3 is 2.79 bits per heavy atom. The van der Waals surface area contributed by atoms with Crippen molar-refractivity contribution in [3.63, 3.8) is 0 Å². The first kappa shape index (κ1) is 16.4. The minimum absolute atomic E-state index is 0.0402. The lowest BCUT2D eigenvalue weighted by Gasteiger charge is -2.15. The van der Waals surface area contributed by atoms with Crippen LogP contribution in [0.15, 0.2) is 48.8 Å². The van der Waals surface area contributed by atoms with Gasteiger partial charge in [-0.15, -0.1) is 0 Å². The summed E-state index contributed by atoms with van der Waals surface area (Å²) in [7, 11) is 1.72. The van der Waals surface area contributed by atoms with Crippen LogP contribution in [0.4, 0.5) is 5.82 Å². The van der Waals surface area contributed by atoms with Gasteiger partial charge in [0.05, 0.1) is 19.3 Å². The van der Waals surface area contributed by atoms with Crippen LogP contribution < -0.4 is 5.73 Å².